The normalized spacial score (nSPS) is 12.3. The van der Waals surface area contributed by atoms with Crippen LogP contribution in [0.15, 0.2) is 133 Å². The molecule has 0 aliphatic carbocycles. The minimum Gasteiger partial charge on any atom is -0.140 e. The average molecular weight is 1530 g/mol. The highest BCUT2D eigenvalue weighted by atomic mass is 32.1. The lowest BCUT2D eigenvalue weighted by Crippen LogP contribution is -2.01. The van der Waals surface area contributed by atoms with E-state index in [0.29, 0.717) is 23.7 Å². The molecule has 15 rings (SSSR count). The van der Waals surface area contributed by atoms with Crippen LogP contribution in [0.1, 0.15) is 212 Å². The molecule has 0 spiro atoms. The van der Waals surface area contributed by atoms with Crippen molar-refractivity contribution >= 4 is 165 Å². The first-order chi connectivity index (χ1) is 48.9. The van der Waals surface area contributed by atoms with Gasteiger partial charge >= 0.3 is 0 Å². The lowest BCUT2D eigenvalue weighted by molar-refractivity contribution is 0.709. The van der Waals surface area contributed by atoms with E-state index in [1.54, 1.807) is 11.1 Å². The van der Waals surface area contributed by atoms with E-state index in [-0.39, 0.29) is 0 Å². The van der Waals surface area contributed by atoms with Gasteiger partial charge in [0, 0.05) is 128 Å². The number of unbranched alkanes of at least 4 members (excludes halogenated alkanes) is 6. The quantitative estimate of drug-likeness (QED) is 0.0474. The van der Waals surface area contributed by atoms with Gasteiger partial charge in [-0.1, -0.05) is 133 Å². The van der Waals surface area contributed by atoms with Crippen LogP contribution in [0.25, 0.3) is 141 Å². The molecule has 0 unspecified atom stereocenters. The first kappa shape index (κ1) is 71.2. The molecular weight excluding hydrogens is 1430 g/mol. The first-order valence-corrected chi connectivity index (χ1v) is 45.9. The molecule has 15 aromatic rings. The van der Waals surface area contributed by atoms with Gasteiger partial charge in [0.2, 0.25) is 0 Å². The van der Waals surface area contributed by atoms with E-state index in [1.165, 1.54) is 235 Å². The van der Waals surface area contributed by atoms with Crippen molar-refractivity contribution < 1.29 is 0 Å². The maximum atomic E-state index is 2.76. The fourth-order valence-corrected chi connectivity index (χ4v) is 28.2. The zero-order chi connectivity index (χ0) is 70.1. The van der Waals surface area contributed by atoms with Crippen LogP contribution in [-0.4, -0.2) is 0 Å². The van der Waals surface area contributed by atoms with E-state index in [1.807, 2.05) is 90.7 Å². The van der Waals surface area contributed by atoms with Gasteiger partial charge < -0.3 is 0 Å². The second-order valence-corrected chi connectivity index (χ2v) is 41.4. The fourth-order valence-electron chi connectivity index (χ4n) is 15.4. The number of aryl methyl sites for hydroxylation is 6. The van der Waals surface area contributed by atoms with Crippen molar-refractivity contribution in [3.8, 4) is 100 Å². The van der Waals surface area contributed by atoms with Gasteiger partial charge in [-0.2, -0.15) is 0 Å². The third-order valence-corrected chi connectivity index (χ3v) is 34.0. The Morgan fingerprint density at radius 3 is 0.941 bits per heavy atom. The number of thiophene rings is 11. The van der Waals surface area contributed by atoms with Gasteiger partial charge in [-0.05, 0) is 265 Å². The molecule has 4 aromatic carbocycles. The van der Waals surface area contributed by atoms with E-state index in [0.717, 1.165) is 25.7 Å². The number of rotatable bonds is 26. The summed E-state index contributed by atoms with van der Waals surface area (Å²) in [5.41, 5.74) is 17.9. The van der Waals surface area contributed by atoms with Gasteiger partial charge in [-0.15, -0.1) is 125 Å². The average Bonchev–Trinajstić information content (AvgIpc) is 1.64. The second-order valence-electron chi connectivity index (χ2n) is 29.2. The lowest BCUT2D eigenvalue weighted by atomic mass is 9.83. The molecule has 0 bridgehead atoms. The molecule has 11 heterocycles. The highest BCUT2D eigenvalue weighted by Gasteiger charge is 2.29. The molecule has 11 heteroatoms. The summed E-state index contributed by atoms with van der Waals surface area (Å²) in [4.78, 5) is 24.5. The van der Waals surface area contributed by atoms with Gasteiger partial charge in [0.25, 0.3) is 0 Å². The third kappa shape index (κ3) is 14.0. The van der Waals surface area contributed by atoms with Crippen LogP contribution >= 0.6 is 125 Å². The molecule has 0 atom stereocenters. The van der Waals surface area contributed by atoms with Crippen molar-refractivity contribution in [3.63, 3.8) is 0 Å². The molecule has 0 aliphatic heterocycles. The van der Waals surface area contributed by atoms with Crippen molar-refractivity contribution in [1.82, 2.24) is 0 Å². The standard InChI is InChI=1S/C90H92S11/c1-15-18-21-24-56-43-61(65-47-81(99-88(65)84(56)52(10)11)77-38-35-68(95-77)67-29-27-54(13)91-67)62-44-58(26-23-20-17-3)86(85-57(25-22-19-16-2)42-60(50(6)7)64-46-79(100-89(64)85)75-30-28-55(14)92-75)90-66(62)48-82(101-90)78-40-37-74(97-78)72-34-32-70(94-72)69-31-33-71(93-69)73-36-39-76(96-73)80-45-63-59(49(4)5)41-53(12)83(51(8)9)87(63)98-80/h27-52H,15-26H2,1-14H3. The van der Waals surface area contributed by atoms with E-state index in [2.05, 4.69) is 264 Å². The molecule has 0 saturated heterocycles. The summed E-state index contributed by atoms with van der Waals surface area (Å²) in [6.07, 6.45) is 14.1. The van der Waals surface area contributed by atoms with E-state index in [9.17, 15) is 0 Å². The Morgan fingerprint density at radius 1 is 0.257 bits per heavy atom. The van der Waals surface area contributed by atoms with E-state index < -0.39 is 0 Å². The van der Waals surface area contributed by atoms with Crippen LogP contribution in [-0.2, 0) is 19.3 Å². The summed E-state index contributed by atoms with van der Waals surface area (Å²) in [6, 6.07) is 54.1. The summed E-state index contributed by atoms with van der Waals surface area (Å²) in [5.74, 6) is 1.77. The monoisotopic (exact) mass is 1520 g/mol. The zero-order valence-corrected chi connectivity index (χ0v) is 70.0. The SMILES string of the molecule is CCCCCc1cc(-c2cc(CCCCC)c(C(C)C)c3sc(-c4ccc(-c5ccc(C)s5)s4)cc23)c2cc(-c3ccc(-c4ccc(-c5ccc(-c6ccc(-c7cc8c(C(C)C)cc(C)c(C(C)C)c8s7)s6)s5)s4)s3)sc2c1-c1c(CCCCC)cc(C(C)C)c2cc(-c3ccc(C)s3)sc12. The van der Waals surface area contributed by atoms with E-state index >= 15 is 0 Å². The molecular formula is C90H92S11. The molecule has 0 radical (unpaired) electrons. The van der Waals surface area contributed by atoms with Gasteiger partial charge in [0.1, 0.15) is 0 Å². The smallest absolute Gasteiger partial charge is 0.0455 e. The minimum atomic E-state index is 0.397. The Labute approximate surface area is 644 Å². The number of hydrogen-bond donors (Lipinski definition) is 0. The summed E-state index contributed by atoms with van der Waals surface area (Å²) >= 11 is 21.8. The topological polar surface area (TPSA) is 0 Å². The molecule has 0 saturated carbocycles. The molecule has 101 heavy (non-hydrogen) atoms. The predicted octanol–water partition coefficient (Wildman–Crippen LogP) is 34.3. The Morgan fingerprint density at radius 2 is 0.554 bits per heavy atom. The highest BCUT2D eigenvalue weighted by molar-refractivity contribution is 7.32. The van der Waals surface area contributed by atoms with Crippen LogP contribution in [0.3, 0.4) is 0 Å². The Kier molecular flexibility index (Phi) is 21.3. The fraction of sp³-hybridized carbons (Fsp3) is 0.333. The van der Waals surface area contributed by atoms with Gasteiger partial charge in [-0.25, -0.2) is 0 Å². The maximum absolute atomic E-state index is 2.76. The summed E-state index contributed by atoms with van der Waals surface area (Å²) < 4.78 is 5.90. The number of hydrogen-bond acceptors (Lipinski definition) is 11. The number of benzene rings is 4. The van der Waals surface area contributed by atoms with Crippen molar-refractivity contribution in [3.05, 3.63) is 188 Å². The third-order valence-electron chi connectivity index (χ3n) is 20.4. The van der Waals surface area contributed by atoms with Gasteiger partial charge in [0.05, 0.1) is 0 Å². The molecule has 518 valence electrons. The largest absolute Gasteiger partial charge is 0.140 e. The minimum absolute atomic E-state index is 0.397. The molecule has 0 aliphatic rings. The molecule has 0 N–H and O–H groups in total. The van der Waals surface area contributed by atoms with Crippen LogP contribution in [0.5, 0.6) is 0 Å². The van der Waals surface area contributed by atoms with Gasteiger partial charge in [0.15, 0.2) is 0 Å². The highest BCUT2D eigenvalue weighted by Crippen LogP contribution is 2.57. The van der Waals surface area contributed by atoms with Crippen LogP contribution in [0.2, 0.25) is 0 Å². The van der Waals surface area contributed by atoms with Crippen LogP contribution < -0.4 is 0 Å². The Bertz CT molecular complexity index is 5480. The van der Waals surface area contributed by atoms with Crippen LogP contribution in [0, 0.1) is 20.8 Å². The molecule has 11 aromatic heterocycles. The summed E-state index contributed by atoms with van der Waals surface area (Å²) in [7, 11) is 0. The summed E-state index contributed by atoms with van der Waals surface area (Å²) in [6.45, 7) is 33.0. The first-order valence-electron chi connectivity index (χ1n) is 36.9. The molecule has 0 fully saturated rings. The van der Waals surface area contributed by atoms with Gasteiger partial charge in [-0.3, -0.25) is 0 Å². The molecule has 0 amide bonds. The summed E-state index contributed by atoms with van der Waals surface area (Å²) in [5, 5.41) is 5.71. The van der Waals surface area contributed by atoms with Crippen LogP contribution in [0.4, 0.5) is 0 Å². The van der Waals surface area contributed by atoms with E-state index in [4.69, 9.17) is 0 Å². The predicted molar refractivity (Wildman–Crippen MR) is 468 cm³/mol. The lowest BCUT2D eigenvalue weighted by Gasteiger charge is -2.22. The number of fused-ring (bicyclic) bond motifs is 4. The van der Waals surface area contributed by atoms with Crippen molar-refractivity contribution in [2.75, 3.05) is 0 Å². The Hall–Kier alpha value is -5.38. The maximum Gasteiger partial charge on any atom is 0.0455 e. The Balaban J connectivity index is 0.885. The van der Waals surface area contributed by atoms with Crippen molar-refractivity contribution in [2.45, 2.75) is 198 Å². The van der Waals surface area contributed by atoms with Crippen molar-refractivity contribution in [2.24, 2.45) is 0 Å². The molecule has 0 nitrogen and oxygen atoms in total. The zero-order valence-electron chi connectivity index (χ0n) is 61.0. The van der Waals surface area contributed by atoms with Crippen molar-refractivity contribution in [1.29, 1.82) is 0 Å². The second kappa shape index (κ2) is 30.2.